The molecule has 0 spiro atoms. The summed E-state index contributed by atoms with van der Waals surface area (Å²) >= 11 is 0. The van der Waals surface area contributed by atoms with E-state index in [0.717, 1.165) is 24.4 Å². The van der Waals surface area contributed by atoms with E-state index in [0.29, 0.717) is 6.42 Å². The number of carbonyl (C=O) groups is 1. The zero-order chi connectivity index (χ0) is 10.6. The Balaban J connectivity index is 2.31. The molecule has 1 aromatic heterocycles. The zero-order valence-electron chi connectivity index (χ0n) is 8.58. The molecule has 0 bridgehead atoms. The summed E-state index contributed by atoms with van der Waals surface area (Å²) in [7, 11) is 0. The maximum Gasteiger partial charge on any atom is 0.303 e. The Morgan fingerprint density at radius 1 is 1.50 bits per heavy atom. The molecule has 0 fully saturated rings. The molecule has 0 saturated carbocycles. The van der Waals surface area contributed by atoms with Gasteiger partial charge in [-0.3, -0.25) is 4.79 Å². The van der Waals surface area contributed by atoms with Gasteiger partial charge in [0.25, 0.3) is 0 Å². The quantitative estimate of drug-likeness (QED) is 0.536. The molecule has 1 rings (SSSR count). The van der Waals surface area contributed by atoms with Gasteiger partial charge in [0.05, 0.1) is 0 Å². The number of H-pyrrole nitrogens is 1. The normalized spacial score (nSPS) is 10.4. The van der Waals surface area contributed by atoms with Gasteiger partial charge in [-0.15, -0.1) is 0 Å². The number of hydrogen-bond acceptors (Lipinski definition) is 2. The number of carboxylic acids is 1. The van der Waals surface area contributed by atoms with Crippen LogP contribution in [0.3, 0.4) is 0 Å². The number of aromatic nitrogens is 3. The van der Waals surface area contributed by atoms with Gasteiger partial charge in [0.1, 0.15) is 6.54 Å². The van der Waals surface area contributed by atoms with Crippen LogP contribution in [-0.4, -0.2) is 21.4 Å². The molecule has 0 saturated heterocycles. The van der Waals surface area contributed by atoms with E-state index < -0.39 is 5.97 Å². The molecule has 0 amide bonds. The first-order valence-corrected chi connectivity index (χ1v) is 4.74. The number of hydrogen-bond donors (Lipinski definition) is 2. The summed E-state index contributed by atoms with van der Waals surface area (Å²) in [5.74, 6) is -0.729. The lowest BCUT2D eigenvalue weighted by Crippen LogP contribution is -2.38. The van der Waals surface area contributed by atoms with Crippen LogP contribution in [0.2, 0.25) is 0 Å². The number of unbranched alkanes of at least 4 members (excludes halogenated alkanes) is 1. The maximum atomic E-state index is 10.3. The first-order chi connectivity index (χ1) is 6.61. The minimum Gasteiger partial charge on any atom is -0.481 e. The standard InChI is InChI=1S/C9H15N3O2/c1-7-8(2)12(11-10-7)6-4-3-5-9(13)14/h3-6H2,1-2H3,(H,13,14)/p+1. The van der Waals surface area contributed by atoms with Gasteiger partial charge in [-0.25, -0.2) is 0 Å². The number of aryl methyl sites for hydroxylation is 2. The molecule has 0 atom stereocenters. The maximum absolute atomic E-state index is 10.3. The van der Waals surface area contributed by atoms with Crippen LogP contribution in [-0.2, 0) is 11.3 Å². The highest BCUT2D eigenvalue weighted by molar-refractivity contribution is 5.66. The number of nitrogens with one attached hydrogen (secondary N) is 1. The molecule has 5 nitrogen and oxygen atoms in total. The van der Waals surface area contributed by atoms with E-state index in [-0.39, 0.29) is 6.42 Å². The van der Waals surface area contributed by atoms with Gasteiger partial charge >= 0.3 is 5.97 Å². The Bertz CT molecular complexity index is 320. The molecule has 78 valence electrons. The fourth-order valence-corrected chi connectivity index (χ4v) is 1.25. The van der Waals surface area contributed by atoms with Gasteiger partial charge in [0, 0.05) is 25.4 Å². The topological polar surface area (TPSA) is 69.9 Å². The van der Waals surface area contributed by atoms with E-state index in [1.54, 1.807) is 0 Å². The summed E-state index contributed by atoms with van der Waals surface area (Å²) in [5.41, 5.74) is 2.10. The van der Waals surface area contributed by atoms with E-state index in [4.69, 9.17) is 5.11 Å². The van der Waals surface area contributed by atoms with E-state index in [1.165, 1.54) is 0 Å². The van der Waals surface area contributed by atoms with Gasteiger partial charge < -0.3 is 5.11 Å². The predicted octanol–water partition coefficient (Wildman–Crippen LogP) is 0.569. The smallest absolute Gasteiger partial charge is 0.303 e. The summed E-state index contributed by atoms with van der Waals surface area (Å²) in [5, 5.41) is 15.4. The van der Waals surface area contributed by atoms with Gasteiger partial charge in [-0.2, -0.15) is 4.68 Å². The van der Waals surface area contributed by atoms with Crippen LogP contribution in [0.15, 0.2) is 0 Å². The van der Waals surface area contributed by atoms with E-state index in [9.17, 15) is 4.79 Å². The van der Waals surface area contributed by atoms with Crippen LogP contribution < -0.4 is 4.68 Å². The third-order valence-electron chi connectivity index (χ3n) is 2.29. The van der Waals surface area contributed by atoms with Gasteiger partial charge in [-0.1, -0.05) is 5.21 Å². The molecular formula is C9H16N3O2+. The summed E-state index contributed by atoms with van der Waals surface area (Å²) < 4.78 is 1.94. The second kappa shape index (κ2) is 4.74. The Labute approximate surface area is 82.7 Å². The van der Waals surface area contributed by atoms with E-state index in [1.807, 2.05) is 18.5 Å². The second-order valence-corrected chi connectivity index (χ2v) is 3.39. The van der Waals surface area contributed by atoms with Gasteiger partial charge in [0.15, 0.2) is 5.69 Å². The van der Waals surface area contributed by atoms with Crippen LogP contribution >= 0.6 is 0 Å². The van der Waals surface area contributed by atoms with Crippen molar-refractivity contribution >= 4 is 5.97 Å². The highest BCUT2D eigenvalue weighted by Gasteiger charge is 2.11. The summed E-state index contributed by atoms with van der Waals surface area (Å²) in [6.45, 7) is 4.75. The first-order valence-electron chi connectivity index (χ1n) is 4.74. The number of nitrogens with zero attached hydrogens (tertiary/aromatic N) is 2. The lowest BCUT2D eigenvalue weighted by molar-refractivity contribution is -0.759. The molecule has 0 aliphatic carbocycles. The fourth-order valence-electron chi connectivity index (χ4n) is 1.25. The van der Waals surface area contributed by atoms with E-state index >= 15 is 0 Å². The third-order valence-corrected chi connectivity index (χ3v) is 2.29. The lowest BCUT2D eigenvalue weighted by Gasteiger charge is -1.96. The highest BCUT2D eigenvalue weighted by atomic mass is 16.4. The molecule has 0 aliphatic heterocycles. The van der Waals surface area contributed by atoms with Crippen molar-refractivity contribution in [2.45, 2.75) is 39.7 Å². The summed E-state index contributed by atoms with van der Waals surface area (Å²) in [4.78, 5) is 10.3. The largest absolute Gasteiger partial charge is 0.481 e. The summed E-state index contributed by atoms with van der Waals surface area (Å²) in [6, 6.07) is 0. The van der Waals surface area contributed by atoms with Crippen LogP contribution in [0, 0.1) is 13.8 Å². The molecular weight excluding hydrogens is 182 g/mol. The molecule has 0 aliphatic rings. The molecule has 14 heavy (non-hydrogen) atoms. The van der Waals surface area contributed by atoms with Crippen molar-refractivity contribution in [3.63, 3.8) is 0 Å². The minimum atomic E-state index is -0.729. The van der Waals surface area contributed by atoms with Crippen molar-refractivity contribution in [1.82, 2.24) is 10.3 Å². The van der Waals surface area contributed by atoms with E-state index in [2.05, 4.69) is 10.3 Å². The minimum absolute atomic E-state index is 0.243. The molecule has 1 aromatic rings. The Kier molecular flexibility index (Phi) is 3.62. The predicted molar refractivity (Wildman–Crippen MR) is 49.7 cm³/mol. The first kappa shape index (κ1) is 10.7. The van der Waals surface area contributed by atoms with Crippen LogP contribution in [0.5, 0.6) is 0 Å². The third kappa shape index (κ3) is 2.83. The molecule has 2 N–H and O–H groups in total. The molecule has 0 aromatic carbocycles. The fraction of sp³-hybridized carbons (Fsp3) is 0.667. The van der Waals surface area contributed by atoms with Crippen molar-refractivity contribution in [2.75, 3.05) is 0 Å². The zero-order valence-corrected chi connectivity index (χ0v) is 8.58. The van der Waals surface area contributed by atoms with Gasteiger partial charge in [0.2, 0.25) is 5.69 Å². The molecule has 5 heteroatoms. The Morgan fingerprint density at radius 2 is 2.21 bits per heavy atom. The monoisotopic (exact) mass is 198 g/mol. The van der Waals surface area contributed by atoms with Crippen molar-refractivity contribution in [3.8, 4) is 0 Å². The van der Waals surface area contributed by atoms with Crippen molar-refractivity contribution < 1.29 is 14.6 Å². The number of aliphatic carboxylic acids is 1. The number of aromatic amines is 1. The van der Waals surface area contributed by atoms with Gasteiger partial charge in [-0.05, 0) is 12.8 Å². The average Bonchev–Trinajstić information content (AvgIpc) is 2.43. The second-order valence-electron chi connectivity index (χ2n) is 3.39. The molecule has 1 heterocycles. The molecule has 0 radical (unpaired) electrons. The van der Waals surface area contributed by atoms with Crippen molar-refractivity contribution in [1.29, 1.82) is 0 Å². The SMILES string of the molecule is Cc1n[nH][n+](CCCCC(=O)O)c1C. The molecule has 0 unspecified atom stereocenters. The average molecular weight is 198 g/mol. The highest BCUT2D eigenvalue weighted by Crippen LogP contribution is 1.97. The van der Waals surface area contributed by atoms with Crippen molar-refractivity contribution in [2.24, 2.45) is 0 Å². The van der Waals surface area contributed by atoms with Crippen molar-refractivity contribution in [3.05, 3.63) is 11.4 Å². The number of rotatable bonds is 5. The Morgan fingerprint density at radius 3 is 2.71 bits per heavy atom. The lowest BCUT2D eigenvalue weighted by atomic mass is 10.2. The van der Waals surface area contributed by atoms with Crippen LogP contribution in [0.4, 0.5) is 0 Å². The van der Waals surface area contributed by atoms with Crippen LogP contribution in [0.1, 0.15) is 30.7 Å². The number of carboxylic acid groups (broad SMARTS) is 1. The Hall–Kier alpha value is -1.39. The van der Waals surface area contributed by atoms with Crippen LogP contribution in [0.25, 0.3) is 0 Å². The summed E-state index contributed by atoms with van der Waals surface area (Å²) in [6.07, 6.45) is 1.81.